The molecule has 0 aliphatic carbocycles. The Morgan fingerprint density at radius 1 is 0.778 bits per heavy atom. The van der Waals surface area contributed by atoms with Crippen LogP contribution in [-0.2, 0) is 18.4 Å². The Labute approximate surface area is 209 Å². The molecule has 3 heterocycles. The standard InChI is InChI=1S/C31H25NO4/c1-2-6-22(7-3-1)17-33-23-12-10-21(11-13-23)14-24-18-34-29-16-28-26(15-30(29)36-24)31(20-35-28)19-32-27-9-5-4-8-25(27)31/h1-13,15-16,19,24H,14,17-18,20H2/t24-,31+/m1/s1. The third-order valence-electron chi connectivity index (χ3n) is 7.14. The van der Waals surface area contributed by atoms with Crippen molar-refractivity contribution in [3.63, 3.8) is 0 Å². The molecule has 0 bridgehead atoms. The molecule has 0 N–H and O–H groups in total. The van der Waals surface area contributed by atoms with Gasteiger partial charge in [0.25, 0.3) is 0 Å². The fourth-order valence-corrected chi connectivity index (χ4v) is 5.25. The molecular weight excluding hydrogens is 450 g/mol. The van der Waals surface area contributed by atoms with Crippen molar-refractivity contribution in [1.82, 2.24) is 0 Å². The van der Waals surface area contributed by atoms with Crippen molar-refractivity contribution >= 4 is 11.9 Å². The van der Waals surface area contributed by atoms with Crippen molar-refractivity contribution in [2.24, 2.45) is 4.99 Å². The average Bonchev–Trinajstić information content (AvgIpc) is 3.49. The Hall–Kier alpha value is -4.25. The summed E-state index contributed by atoms with van der Waals surface area (Å²) in [6.07, 6.45) is 2.69. The Balaban J connectivity index is 1.06. The average molecular weight is 476 g/mol. The number of fused-ring (bicyclic) bond motifs is 5. The third kappa shape index (κ3) is 3.59. The summed E-state index contributed by atoms with van der Waals surface area (Å²) in [7, 11) is 0. The first-order valence-electron chi connectivity index (χ1n) is 12.3. The minimum absolute atomic E-state index is 0.0746. The van der Waals surface area contributed by atoms with E-state index < -0.39 is 0 Å². The van der Waals surface area contributed by atoms with Crippen LogP contribution in [0.2, 0.25) is 0 Å². The second kappa shape index (κ2) is 8.45. The van der Waals surface area contributed by atoms with Gasteiger partial charge < -0.3 is 18.9 Å². The minimum atomic E-state index is -0.368. The number of hydrogen-bond donors (Lipinski definition) is 0. The minimum Gasteiger partial charge on any atom is -0.491 e. The van der Waals surface area contributed by atoms with Gasteiger partial charge in [-0.15, -0.1) is 0 Å². The molecule has 0 aromatic heterocycles. The van der Waals surface area contributed by atoms with E-state index in [9.17, 15) is 0 Å². The summed E-state index contributed by atoms with van der Waals surface area (Å²) in [5.74, 6) is 3.18. The fourth-order valence-electron chi connectivity index (χ4n) is 5.25. The highest BCUT2D eigenvalue weighted by Crippen LogP contribution is 2.52. The predicted octanol–water partition coefficient (Wildman–Crippen LogP) is 6.04. The Morgan fingerprint density at radius 3 is 2.50 bits per heavy atom. The Morgan fingerprint density at radius 2 is 1.61 bits per heavy atom. The molecule has 0 radical (unpaired) electrons. The van der Waals surface area contributed by atoms with Crippen molar-refractivity contribution in [3.05, 3.63) is 113 Å². The van der Waals surface area contributed by atoms with Crippen LogP contribution < -0.4 is 18.9 Å². The summed E-state index contributed by atoms with van der Waals surface area (Å²) in [6.45, 7) is 1.59. The Kier molecular flexibility index (Phi) is 4.95. The van der Waals surface area contributed by atoms with Gasteiger partial charge in [-0.05, 0) is 41.0 Å². The van der Waals surface area contributed by atoms with Crippen LogP contribution in [-0.4, -0.2) is 25.5 Å². The number of rotatable bonds is 5. The molecule has 4 aromatic carbocycles. The molecule has 0 saturated carbocycles. The molecule has 5 heteroatoms. The number of aliphatic imine (C=N–C) groups is 1. The van der Waals surface area contributed by atoms with E-state index in [2.05, 4.69) is 47.5 Å². The topological polar surface area (TPSA) is 49.3 Å². The second-order valence-electron chi connectivity index (χ2n) is 9.50. The summed E-state index contributed by atoms with van der Waals surface area (Å²) in [4.78, 5) is 4.67. The summed E-state index contributed by atoms with van der Waals surface area (Å²) < 4.78 is 24.6. The van der Waals surface area contributed by atoms with Crippen molar-refractivity contribution in [2.45, 2.75) is 24.5 Å². The van der Waals surface area contributed by atoms with Crippen LogP contribution in [0.15, 0.2) is 96.0 Å². The van der Waals surface area contributed by atoms with E-state index in [-0.39, 0.29) is 11.5 Å². The lowest BCUT2D eigenvalue weighted by atomic mass is 9.78. The SMILES string of the molecule is C1=Nc2ccccc2[C@@]12COc1cc3c(cc12)O[C@H](Cc1ccc(OCc2ccccc2)cc1)CO3. The summed E-state index contributed by atoms with van der Waals surface area (Å²) in [6, 6.07) is 30.7. The second-order valence-corrected chi connectivity index (χ2v) is 9.50. The van der Waals surface area contributed by atoms with Crippen LogP contribution in [0.4, 0.5) is 5.69 Å². The third-order valence-corrected chi connectivity index (χ3v) is 7.14. The maximum Gasteiger partial charge on any atom is 0.165 e. The molecule has 0 amide bonds. The van der Waals surface area contributed by atoms with Crippen molar-refractivity contribution in [3.8, 4) is 23.0 Å². The molecule has 1 spiro atoms. The van der Waals surface area contributed by atoms with E-state index in [1.165, 1.54) is 11.1 Å². The maximum atomic E-state index is 6.43. The number of benzene rings is 4. The van der Waals surface area contributed by atoms with Crippen LogP contribution in [0.3, 0.4) is 0 Å². The smallest absolute Gasteiger partial charge is 0.165 e. The van der Waals surface area contributed by atoms with Gasteiger partial charge in [0.1, 0.15) is 37.4 Å². The van der Waals surface area contributed by atoms with Crippen LogP contribution >= 0.6 is 0 Å². The lowest BCUT2D eigenvalue weighted by molar-refractivity contribution is 0.0909. The largest absolute Gasteiger partial charge is 0.491 e. The van der Waals surface area contributed by atoms with Gasteiger partial charge >= 0.3 is 0 Å². The molecule has 36 heavy (non-hydrogen) atoms. The van der Waals surface area contributed by atoms with E-state index in [1.807, 2.05) is 54.7 Å². The van der Waals surface area contributed by atoms with Gasteiger partial charge in [0.2, 0.25) is 0 Å². The molecule has 0 fully saturated rings. The van der Waals surface area contributed by atoms with Crippen molar-refractivity contribution in [2.75, 3.05) is 13.2 Å². The number of ether oxygens (including phenoxy) is 4. The van der Waals surface area contributed by atoms with Gasteiger partial charge in [-0.3, -0.25) is 4.99 Å². The first-order valence-corrected chi connectivity index (χ1v) is 12.3. The first kappa shape index (κ1) is 21.1. The zero-order valence-corrected chi connectivity index (χ0v) is 19.7. The van der Waals surface area contributed by atoms with Gasteiger partial charge in [-0.25, -0.2) is 0 Å². The fraction of sp³-hybridized carbons (Fsp3) is 0.194. The Bertz CT molecular complexity index is 1450. The van der Waals surface area contributed by atoms with Gasteiger partial charge in [0.15, 0.2) is 11.5 Å². The highest BCUT2D eigenvalue weighted by Gasteiger charge is 2.46. The molecule has 7 rings (SSSR count). The van der Waals surface area contributed by atoms with Crippen molar-refractivity contribution < 1.29 is 18.9 Å². The van der Waals surface area contributed by atoms with Gasteiger partial charge in [0, 0.05) is 24.3 Å². The van der Waals surface area contributed by atoms with E-state index in [0.717, 1.165) is 46.2 Å². The number of nitrogens with zero attached hydrogens (tertiary/aromatic N) is 1. The summed E-state index contributed by atoms with van der Waals surface area (Å²) in [5, 5.41) is 0. The van der Waals surface area contributed by atoms with Crippen LogP contribution in [0.1, 0.15) is 22.3 Å². The zero-order chi connectivity index (χ0) is 24.0. The van der Waals surface area contributed by atoms with Crippen LogP contribution in [0.5, 0.6) is 23.0 Å². The van der Waals surface area contributed by atoms with Gasteiger partial charge in [0.05, 0.1) is 11.1 Å². The molecule has 0 unspecified atom stereocenters. The molecule has 3 aliphatic rings. The van der Waals surface area contributed by atoms with Gasteiger partial charge in [-0.1, -0.05) is 60.7 Å². The molecule has 5 nitrogen and oxygen atoms in total. The molecule has 3 aliphatic heterocycles. The van der Waals surface area contributed by atoms with E-state index >= 15 is 0 Å². The molecular formula is C31H25NO4. The quantitative estimate of drug-likeness (QED) is 0.353. The first-order chi connectivity index (χ1) is 17.8. The highest BCUT2D eigenvalue weighted by atomic mass is 16.6. The molecule has 0 saturated heterocycles. The number of para-hydroxylation sites is 1. The normalized spacial score (nSPS) is 20.6. The highest BCUT2D eigenvalue weighted by molar-refractivity contribution is 5.91. The maximum absolute atomic E-state index is 6.43. The summed E-state index contributed by atoms with van der Waals surface area (Å²) >= 11 is 0. The molecule has 4 aromatic rings. The van der Waals surface area contributed by atoms with E-state index in [0.29, 0.717) is 19.8 Å². The van der Waals surface area contributed by atoms with E-state index in [1.54, 1.807) is 0 Å². The lowest BCUT2D eigenvalue weighted by Gasteiger charge is -2.28. The van der Waals surface area contributed by atoms with E-state index in [4.69, 9.17) is 18.9 Å². The number of hydrogen-bond acceptors (Lipinski definition) is 5. The molecule has 178 valence electrons. The van der Waals surface area contributed by atoms with Crippen molar-refractivity contribution in [1.29, 1.82) is 0 Å². The van der Waals surface area contributed by atoms with Crippen LogP contribution in [0.25, 0.3) is 0 Å². The molecule has 2 atom stereocenters. The van der Waals surface area contributed by atoms with Crippen LogP contribution in [0, 0.1) is 0 Å². The zero-order valence-electron chi connectivity index (χ0n) is 19.7. The lowest BCUT2D eigenvalue weighted by Crippen LogP contribution is -2.32. The van der Waals surface area contributed by atoms with Gasteiger partial charge in [-0.2, -0.15) is 0 Å². The summed E-state index contributed by atoms with van der Waals surface area (Å²) in [5.41, 5.74) is 5.21. The predicted molar refractivity (Wildman–Crippen MR) is 138 cm³/mol. The monoisotopic (exact) mass is 475 g/mol.